The fourth-order valence-corrected chi connectivity index (χ4v) is 14.3. The van der Waals surface area contributed by atoms with Crippen molar-refractivity contribution in [2.75, 3.05) is 4.90 Å². The fraction of sp³-hybridized carbons (Fsp3) is 0. The van der Waals surface area contributed by atoms with Crippen molar-refractivity contribution in [3.63, 3.8) is 0 Å². The van der Waals surface area contributed by atoms with Gasteiger partial charge in [0.2, 0.25) is 0 Å². The highest BCUT2D eigenvalue weighted by Gasteiger charge is 2.51. The van der Waals surface area contributed by atoms with E-state index in [4.69, 9.17) is 9.72 Å². The van der Waals surface area contributed by atoms with Crippen LogP contribution in [0.15, 0.2) is 219 Å². The summed E-state index contributed by atoms with van der Waals surface area (Å²) < 4.78 is 9.14. The smallest absolute Gasteiger partial charge is 0.188 e. The highest BCUT2D eigenvalue weighted by Crippen LogP contribution is 2.43. The van der Waals surface area contributed by atoms with Crippen LogP contribution in [-0.4, -0.2) is 22.6 Å². The van der Waals surface area contributed by atoms with Crippen molar-refractivity contribution in [2.45, 2.75) is 0 Å². The number of nitrogens with zero attached hydrogens (tertiary/aromatic N) is 4. The lowest BCUT2D eigenvalue weighted by Crippen LogP contribution is -2.77. The predicted molar refractivity (Wildman–Crippen MR) is 240 cm³/mol. The van der Waals surface area contributed by atoms with E-state index in [0.29, 0.717) is 0 Å². The molecule has 0 unspecified atom stereocenters. The Labute approximate surface area is 337 Å². The Kier molecular flexibility index (Phi) is 8.08. The second-order valence-electron chi connectivity index (χ2n) is 14.6. The first kappa shape index (κ1) is 33.8. The maximum atomic E-state index is 6.64. The molecular weight excluding hydrogens is 725 g/mol. The van der Waals surface area contributed by atoms with E-state index in [-0.39, 0.29) is 0 Å². The number of para-hydroxylation sites is 2. The molecule has 7 aromatic carbocycles. The summed E-state index contributed by atoms with van der Waals surface area (Å²) in [5, 5.41) is 7.60. The van der Waals surface area contributed by atoms with Gasteiger partial charge in [0.1, 0.15) is 17.3 Å². The molecule has 0 aliphatic carbocycles. The number of fused-ring (bicyclic) bond motifs is 6. The molecule has 0 atom stereocenters. The molecule has 0 bridgehead atoms. The molecule has 5 nitrogen and oxygen atoms in total. The molecule has 1 aliphatic heterocycles. The van der Waals surface area contributed by atoms with E-state index < -0.39 is 8.07 Å². The van der Waals surface area contributed by atoms with Crippen molar-refractivity contribution in [3.8, 4) is 28.4 Å². The first-order valence-electron chi connectivity index (χ1n) is 19.6. The molecule has 0 spiro atoms. The highest BCUT2D eigenvalue weighted by molar-refractivity contribution is 7.22. The third kappa shape index (κ3) is 5.30. The number of anilines is 3. The standard InChI is InChI=1S/C52H36N4OSi/c1-4-18-38(19-5-1)55-47-29-11-10-27-44(47)45-31-32-48-51(50(45)55)58(42-23-6-2-7-24-42,43-25-8-3-9-26-43)49-30-16-34-54-52(49)56(48)39-20-15-22-41(36-39)57-40-21-14-17-37(35-40)46-28-12-13-33-53-46/h1-36H. The van der Waals surface area contributed by atoms with Crippen LogP contribution in [0, 0.1) is 0 Å². The van der Waals surface area contributed by atoms with E-state index in [2.05, 4.69) is 178 Å². The van der Waals surface area contributed by atoms with Crippen molar-refractivity contribution in [1.82, 2.24) is 14.5 Å². The van der Waals surface area contributed by atoms with Gasteiger partial charge in [-0.15, -0.1) is 0 Å². The van der Waals surface area contributed by atoms with E-state index in [1.807, 2.05) is 54.9 Å². The van der Waals surface area contributed by atoms with E-state index in [1.165, 1.54) is 42.6 Å². The van der Waals surface area contributed by atoms with Crippen molar-refractivity contribution >= 4 is 67.8 Å². The van der Waals surface area contributed by atoms with E-state index >= 15 is 0 Å². The first-order chi connectivity index (χ1) is 28.8. The fourth-order valence-electron chi connectivity index (χ4n) is 9.04. The molecule has 58 heavy (non-hydrogen) atoms. The van der Waals surface area contributed by atoms with Crippen LogP contribution in [0.1, 0.15) is 0 Å². The zero-order chi connectivity index (χ0) is 38.5. The molecule has 0 amide bonds. The van der Waals surface area contributed by atoms with Gasteiger partial charge in [-0.25, -0.2) is 4.98 Å². The van der Waals surface area contributed by atoms with Crippen LogP contribution in [-0.2, 0) is 0 Å². The number of ether oxygens (including phenoxy) is 1. The van der Waals surface area contributed by atoms with E-state index in [9.17, 15) is 0 Å². The molecule has 0 saturated heterocycles. The second-order valence-corrected chi connectivity index (χ2v) is 18.3. The summed E-state index contributed by atoms with van der Waals surface area (Å²) >= 11 is 0. The average Bonchev–Trinajstić information content (AvgIpc) is 3.64. The SMILES string of the molecule is c1ccc(-n2c3ccccc3c3ccc4c(c32)[Si](c2ccccc2)(c2ccccc2)c2cccnc2N4c2cccc(Oc3cccc(-c4ccccn4)c3)c2)cc1. The van der Waals surface area contributed by atoms with Crippen LogP contribution in [0.25, 0.3) is 38.8 Å². The van der Waals surface area contributed by atoms with E-state index in [0.717, 1.165) is 45.6 Å². The Morgan fingerprint density at radius 3 is 1.88 bits per heavy atom. The van der Waals surface area contributed by atoms with Crippen LogP contribution >= 0.6 is 0 Å². The van der Waals surface area contributed by atoms with Gasteiger partial charge < -0.3 is 9.30 Å². The maximum Gasteiger partial charge on any atom is 0.188 e. The molecule has 6 heteroatoms. The molecular formula is C52H36N4OSi. The van der Waals surface area contributed by atoms with Gasteiger partial charge in [0.25, 0.3) is 0 Å². The topological polar surface area (TPSA) is 43.2 Å². The average molecular weight is 761 g/mol. The van der Waals surface area contributed by atoms with Gasteiger partial charge >= 0.3 is 0 Å². The first-order valence-corrected chi connectivity index (χ1v) is 21.6. The second kappa shape index (κ2) is 13.9. The predicted octanol–water partition coefficient (Wildman–Crippen LogP) is 10.2. The molecule has 11 rings (SSSR count). The lowest BCUT2D eigenvalue weighted by atomic mass is 10.1. The summed E-state index contributed by atoms with van der Waals surface area (Å²) in [5.41, 5.74) is 7.47. The van der Waals surface area contributed by atoms with Crippen LogP contribution in [0.2, 0.25) is 0 Å². The Morgan fingerprint density at radius 1 is 0.466 bits per heavy atom. The van der Waals surface area contributed by atoms with Crippen molar-refractivity contribution in [2.24, 2.45) is 0 Å². The number of rotatable bonds is 7. The summed E-state index contributed by atoms with van der Waals surface area (Å²) in [4.78, 5) is 12.2. The molecule has 10 aromatic rings. The van der Waals surface area contributed by atoms with Crippen LogP contribution in [0.3, 0.4) is 0 Å². The van der Waals surface area contributed by atoms with Crippen molar-refractivity contribution in [1.29, 1.82) is 0 Å². The van der Waals surface area contributed by atoms with Crippen molar-refractivity contribution < 1.29 is 4.74 Å². The monoisotopic (exact) mass is 760 g/mol. The van der Waals surface area contributed by atoms with Gasteiger partial charge in [-0.2, -0.15) is 0 Å². The molecule has 0 radical (unpaired) electrons. The Hall–Kier alpha value is -7.54. The molecule has 1 aliphatic rings. The van der Waals surface area contributed by atoms with Gasteiger partial charge in [0.05, 0.1) is 28.1 Å². The van der Waals surface area contributed by atoms with Gasteiger partial charge in [-0.05, 0) is 82.3 Å². The number of hydrogen-bond donors (Lipinski definition) is 0. The normalized spacial score (nSPS) is 12.9. The third-order valence-corrected chi connectivity index (χ3v) is 16.2. The minimum Gasteiger partial charge on any atom is -0.457 e. The molecule has 4 heterocycles. The quantitative estimate of drug-likeness (QED) is 0.152. The molecule has 3 aromatic heterocycles. The summed E-state index contributed by atoms with van der Waals surface area (Å²) in [5.74, 6) is 2.39. The summed E-state index contributed by atoms with van der Waals surface area (Å²) in [6.45, 7) is 0. The van der Waals surface area contributed by atoms with Crippen LogP contribution < -0.4 is 30.4 Å². The zero-order valence-corrected chi connectivity index (χ0v) is 32.5. The summed E-state index contributed by atoms with van der Waals surface area (Å²) in [6, 6.07) is 73.4. The summed E-state index contributed by atoms with van der Waals surface area (Å²) in [7, 11) is -3.12. The summed E-state index contributed by atoms with van der Waals surface area (Å²) in [6.07, 6.45) is 3.74. The Bertz CT molecular complexity index is 3060. The zero-order valence-electron chi connectivity index (χ0n) is 31.5. The van der Waals surface area contributed by atoms with Crippen LogP contribution in [0.4, 0.5) is 17.2 Å². The third-order valence-electron chi connectivity index (χ3n) is 11.4. The molecule has 0 N–H and O–H groups in total. The minimum absolute atomic E-state index is 0.731. The largest absolute Gasteiger partial charge is 0.457 e. The Balaban J connectivity index is 1.22. The van der Waals surface area contributed by atoms with Gasteiger partial charge in [0.15, 0.2) is 8.07 Å². The molecule has 0 fully saturated rings. The Morgan fingerprint density at radius 2 is 1.12 bits per heavy atom. The van der Waals surface area contributed by atoms with E-state index in [1.54, 1.807) is 0 Å². The lowest BCUT2D eigenvalue weighted by molar-refractivity contribution is 0.483. The van der Waals surface area contributed by atoms with Crippen LogP contribution in [0.5, 0.6) is 11.5 Å². The number of hydrogen-bond acceptors (Lipinski definition) is 4. The number of pyridine rings is 2. The van der Waals surface area contributed by atoms with Crippen molar-refractivity contribution in [3.05, 3.63) is 219 Å². The molecule has 0 saturated carbocycles. The number of aromatic nitrogens is 3. The maximum absolute atomic E-state index is 6.64. The van der Waals surface area contributed by atoms with Gasteiger partial charge in [0, 0.05) is 45.7 Å². The molecule has 274 valence electrons. The lowest BCUT2D eigenvalue weighted by Gasteiger charge is -2.44. The van der Waals surface area contributed by atoms with Gasteiger partial charge in [-0.3, -0.25) is 9.88 Å². The number of benzene rings is 7. The van der Waals surface area contributed by atoms with Gasteiger partial charge in [-0.1, -0.05) is 133 Å². The minimum atomic E-state index is -3.12. The highest BCUT2D eigenvalue weighted by atomic mass is 28.3.